The number of nitrogens with one attached hydrogen (secondary N) is 1. The third-order valence-electron chi connectivity index (χ3n) is 4.84. The maximum atomic E-state index is 12.0. The lowest BCUT2D eigenvalue weighted by Gasteiger charge is -2.19. The molecule has 0 bridgehead atoms. The van der Waals surface area contributed by atoms with Gasteiger partial charge in [-0.05, 0) is 43.0 Å². The van der Waals surface area contributed by atoms with E-state index in [4.69, 9.17) is 18.9 Å². The number of rotatable bonds is 14. The van der Waals surface area contributed by atoms with Gasteiger partial charge in [-0.1, -0.05) is 37.6 Å². The van der Waals surface area contributed by atoms with Crippen LogP contribution in [0.2, 0.25) is 0 Å². The summed E-state index contributed by atoms with van der Waals surface area (Å²) in [4.78, 5) is 23.1. The Hall–Kier alpha value is -3.22. The van der Waals surface area contributed by atoms with E-state index < -0.39 is 6.10 Å². The fourth-order valence-corrected chi connectivity index (χ4v) is 3.17. The number of amides is 1. The summed E-state index contributed by atoms with van der Waals surface area (Å²) in [6, 6.07) is 13.0. The topological polar surface area (TPSA) is 83.1 Å². The van der Waals surface area contributed by atoms with Gasteiger partial charge in [0.2, 0.25) is 0 Å². The van der Waals surface area contributed by atoms with Gasteiger partial charge >= 0.3 is 0 Å². The smallest absolute Gasteiger partial charge is 0.293 e. The van der Waals surface area contributed by atoms with Crippen molar-refractivity contribution >= 4 is 12.4 Å². The van der Waals surface area contributed by atoms with E-state index in [2.05, 4.69) is 12.2 Å². The normalized spacial score (nSPS) is 11.3. The van der Waals surface area contributed by atoms with E-state index in [1.54, 1.807) is 20.3 Å². The fourth-order valence-electron chi connectivity index (χ4n) is 3.17. The molecule has 0 aliphatic heterocycles. The second-order valence-electron chi connectivity index (χ2n) is 6.98. The van der Waals surface area contributed by atoms with E-state index >= 15 is 0 Å². The summed E-state index contributed by atoms with van der Waals surface area (Å²) in [7, 11) is 3.18. The minimum Gasteiger partial charge on any atom is -0.493 e. The quantitative estimate of drug-likeness (QED) is 0.363. The Morgan fingerprint density at radius 1 is 1.06 bits per heavy atom. The Kier molecular flexibility index (Phi) is 10.2. The van der Waals surface area contributed by atoms with E-state index in [0.29, 0.717) is 43.1 Å². The molecule has 0 spiro atoms. The minimum absolute atomic E-state index is 0.0930. The van der Waals surface area contributed by atoms with Gasteiger partial charge in [0.1, 0.15) is 11.9 Å². The number of benzene rings is 2. The van der Waals surface area contributed by atoms with Gasteiger partial charge in [0.25, 0.3) is 12.4 Å². The number of aryl methyl sites for hydroxylation is 1. The first kappa shape index (κ1) is 24.1. The monoisotopic (exact) mass is 429 g/mol. The van der Waals surface area contributed by atoms with Crippen molar-refractivity contribution in [3.63, 3.8) is 0 Å². The van der Waals surface area contributed by atoms with Crippen LogP contribution in [0.4, 0.5) is 0 Å². The van der Waals surface area contributed by atoms with Gasteiger partial charge in [0, 0.05) is 12.1 Å². The number of para-hydroxylation sites is 1. The van der Waals surface area contributed by atoms with E-state index in [1.807, 2.05) is 36.4 Å². The van der Waals surface area contributed by atoms with E-state index in [0.717, 1.165) is 24.0 Å². The predicted octanol–water partition coefficient (Wildman–Crippen LogP) is 3.85. The van der Waals surface area contributed by atoms with Crippen molar-refractivity contribution in [2.75, 3.05) is 27.4 Å². The number of hydrogen-bond acceptors (Lipinski definition) is 6. The lowest BCUT2D eigenvalue weighted by Crippen LogP contribution is -2.29. The molecule has 0 heterocycles. The molecule has 0 aliphatic rings. The Bertz CT molecular complexity index is 839. The van der Waals surface area contributed by atoms with Gasteiger partial charge in [0.05, 0.1) is 14.2 Å². The minimum atomic E-state index is -0.509. The van der Waals surface area contributed by atoms with Crippen molar-refractivity contribution < 1.29 is 28.5 Å². The summed E-state index contributed by atoms with van der Waals surface area (Å²) in [5.74, 6) is 1.64. The zero-order valence-electron chi connectivity index (χ0n) is 18.4. The van der Waals surface area contributed by atoms with Gasteiger partial charge < -0.3 is 24.3 Å². The van der Waals surface area contributed by atoms with Gasteiger partial charge in [-0.3, -0.25) is 9.59 Å². The lowest BCUT2D eigenvalue weighted by atomic mass is 10.00. The highest BCUT2D eigenvalue weighted by Gasteiger charge is 2.18. The second kappa shape index (κ2) is 13.2. The maximum Gasteiger partial charge on any atom is 0.293 e. The molecule has 0 fully saturated rings. The van der Waals surface area contributed by atoms with Crippen LogP contribution in [0.3, 0.4) is 0 Å². The summed E-state index contributed by atoms with van der Waals surface area (Å²) in [5.41, 5.74) is 1.74. The summed E-state index contributed by atoms with van der Waals surface area (Å²) in [5, 5.41) is 2.82. The molecule has 1 N–H and O–H groups in total. The zero-order valence-corrected chi connectivity index (χ0v) is 18.4. The predicted molar refractivity (Wildman–Crippen MR) is 118 cm³/mol. The third-order valence-corrected chi connectivity index (χ3v) is 4.84. The van der Waals surface area contributed by atoms with Gasteiger partial charge in [0.15, 0.2) is 18.1 Å². The highest BCUT2D eigenvalue weighted by Crippen LogP contribution is 2.32. The van der Waals surface area contributed by atoms with Crippen LogP contribution in [-0.4, -0.2) is 39.8 Å². The molecule has 2 aromatic carbocycles. The molecule has 2 rings (SSSR count). The Morgan fingerprint density at radius 3 is 2.55 bits per heavy atom. The van der Waals surface area contributed by atoms with E-state index in [1.165, 1.54) is 0 Å². The van der Waals surface area contributed by atoms with Crippen LogP contribution in [0.1, 0.15) is 43.4 Å². The second-order valence-corrected chi connectivity index (χ2v) is 6.98. The zero-order chi connectivity index (χ0) is 22.5. The van der Waals surface area contributed by atoms with Crippen LogP contribution >= 0.6 is 0 Å². The third kappa shape index (κ3) is 7.51. The number of carbonyl (C=O) groups excluding carboxylic acids is 2. The molecule has 7 nitrogen and oxygen atoms in total. The van der Waals surface area contributed by atoms with Crippen molar-refractivity contribution in [2.45, 2.75) is 38.7 Å². The number of hydrogen-bond donors (Lipinski definition) is 1. The van der Waals surface area contributed by atoms with Crippen LogP contribution in [0.15, 0.2) is 42.5 Å². The summed E-state index contributed by atoms with van der Waals surface area (Å²) in [6.07, 6.45) is 2.61. The highest BCUT2D eigenvalue weighted by molar-refractivity contribution is 5.77. The van der Waals surface area contributed by atoms with Crippen molar-refractivity contribution in [1.29, 1.82) is 0 Å². The molecule has 0 saturated carbocycles. The molecule has 0 aromatic heterocycles. The molecule has 1 amide bonds. The molecular formula is C24H31NO6. The van der Waals surface area contributed by atoms with Crippen LogP contribution in [0.25, 0.3) is 0 Å². The SMILES string of the molecule is CCCCNC(=O)COc1ccccc1C(CCc1ccc(OC)c(OC)c1)OC=O. The molecule has 31 heavy (non-hydrogen) atoms. The molecule has 1 unspecified atom stereocenters. The van der Waals surface area contributed by atoms with Crippen LogP contribution in [0, 0.1) is 0 Å². The van der Waals surface area contributed by atoms with E-state index in [9.17, 15) is 9.59 Å². The Balaban J connectivity index is 2.07. The number of unbranched alkanes of at least 4 members (excludes halogenated alkanes) is 1. The van der Waals surface area contributed by atoms with Gasteiger partial charge in [-0.2, -0.15) is 0 Å². The first-order valence-corrected chi connectivity index (χ1v) is 10.4. The molecule has 7 heteroatoms. The first-order chi connectivity index (χ1) is 15.1. The molecule has 0 radical (unpaired) electrons. The summed E-state index contributed by atoms with van der Waals surface area (Å²) >= 11 is 0. The Morgan fingerprint density at radius 2 is 1.84 bits per heavy atom. The van der Waals surface area contributed by atoms with Gasteiger partial charge in [-0.25, -0.2) is 0 Å². The molecule has 1 atom stereocenters. The fraction of sp³-hybridized carbons (Fsp3) is 0.417. The van der Waals surface area contributed by atoms with Crippen molar-refractivity contribution in [1.82, 2.24) is 5.32 Å². The molecule has 168 valence electrons. The summed E-state index contributed by atoms with van der Waals surface area (Å²) < 4.78 is 21.7. The van der Waals surface area contributed by atoms with Gasteiger partial charge in [-0.15, -0.1) is 0 Å². The number of carbonyl (C=O) groups is 2. The van der Waals surface area contributed by atoms with Crippen molar-refractivity contribution in [3.8, 4) is 17.2 Å². The molecular weight excluding hydrogens is 398 g/mol. The van der Waals surface area contributed by atoms with Crippen LogP contribution in [-0.2, 0) is 20.7 Å². The summed E-state index contributed by atoms with van der Waals surface area (Å²) in [6.45, 7) is 3.04. The number of ether oxygens (including phenoxy) is 4. The Labute approximate surface area is 183 Å². The van der Waals surface area contributed by atoms with E-state index in [-0.39, 0.29) is 12.5 Å². The largest absolute Gasteiger partial charge is 0.493 e. The van der Waals surface area contributed by atoms with Crippen molar-refractivity contribution in [3.05, 3.63) is 53.6 Å². The molecule has 0 aliphatic carbocycles. The number of methoxy groups -OCH3 is 2. The molecule has 0 saturated heterocycles. The highest BCUT2D eigenvalue weighted by atomic mass is 16.5. The average molecular weight is 430 g/mol. The first-order valence-electron chi connectivity index (χ1n) is 10.4. The maximum absolute atomic E-state index is 12.0. The standard InChI is InChI=1S/C24H31NO6/c1-4-5-14-25-24(27)16-30-20-9-7-6-8-19(20)21(31-17-26)12-10-18-11-13-22(28-2)23(15-18)29-3/h6-9,11,13,15,17,21H,4-5,10,12,14,16H2,1-3H3,(H,25,27). The van der Waals surface area contributed by atoms with Crippen LogP contribution < -0.4 is 19.5 Å². The average Bonchev–Trinajstić information content (AvgIpc) is 2.80. The van der Waals surface area contributed by atoms with Crippen LogP contribution in [0.5, 0.6) is 17.2 Å². The lowest BCUT2D eigenvalue weighted by molar-refractivity contribution is -0.134. The molecule has 2 aromatic rings. The van der Waals surface area contributed by atoms with Crippen molar-refractivity contribution in [2.24, 2.45) is 0 Å².